The van der Waals surface area contributed by atoms with Gasteiger partial charge in [-0.25, -0.2) is 8.42 Å². The normalized spacial score (nSPS) is 16.5. The lowest BCUT2D eigenvalue weighted by atomic mass is 9.86. The molecule has 27 heavy (non-hydrogen) atoms. The van der Waals surface area contributed by atoms with Crippen LogP contribution in [0.4, 0.5) is 5.69 Å². The zero-order chi connectivity index (χ0) is 19.9. The summed E-state index contributed by atoms with van der Waals surface area (Å²) in [5.74, 6) is 0.0771. The maximum absolute atomic E-state index is 12.4. The number of benzene rings is 1. The van der Waals surface area contributed by atoms with E-state index in [2.05, 4.69) is 4.72 Å². The quantitative estimate of drug-likeness (QED) is 0.505. The van der Waals surface area contributed by atoms with Gasteiger partial charge in [-0.05, 0) is 49.9 Å². The van der Waals surface area contributed by atoms with Crippen LogP contribution < -0.4 is 4.72 Å². The highest BCUT2D eigenvalue weighted by molar-refractivity contribution is 7.92. The van der Waals surface area contributed by atoms with Crippen LogP contribution in [-0.4, -0.2) is 32.5 Å². The minimum atomic E-state index is -3.36. The molecule has 6 nitrogen and oxygen atoms in total. The lowest BCUT2D eigenvalue weighted by Gasteiger charge is -2.21. The second kappa shape index (κ2) is 9.88. The molecule has 1 fully saturated rings. The van der Waals surface area contributed by atoms with Crippen molar-refractivity contribution in [2.45, 2.75) is 64.4 Å². The molecular formula is C20H29NO5S. The van der Waals surface area contributed by atoms with Crippen molar-refractivity contribution in [1.29, 1.82) is 0 Å². The van der Waals surface area contributed by atoms with Crippen molar-refractivity contribution in [2.75, 3.05) is 11.0 Å². The van der Waals surface area contributed by atoms with Crippen LogP contribution in [0.3, 0.4) is 0 Å². The van der Waals surface area contributed by atoms with Gasteiger partial charge in [0.25, 0.3) is 0 Å². The Balaban J connectivity index is 1.77. The number of ketones is 1. The second-order valence-corrected chi connectivity index (χ2v) is 9.09. The molecule has 0 bridgehead atoms. The molecule has 0 saturated heterocycles. The van der Waals surface area contributed by atoms with Crippen LogP contribution in [-0.2, 0) is 19.6 Å². The first-order valence-corrected chi connectivity index (χ1v) is 11.5. The summed E-state index contributed by atoms with van der Waals surface area (Å²) in [7, 11) is -3.36. The molecule has 1 N–H and O–H groups in total. The Kier molecular flexibility index (Phi) is 7.83. The van der Waals surface area contributed by atoms with Crippen LogP contribution in [0.2, 0.25) is 0 Å². The molecule has 1 atom stereocenters. The molecule has 1 aromatic rings. The van der Waals surface area contributed by atoms with Crippen molar-refractivity contribution in [2.24, 2.45) is 5.92 Å². The molecule has 1 saturated carbocycles. The minimum absolute atomic E-state index is 0.304. The van der Waals surface area contributed by atoms with Gasteiger partial charge in [-0.3, -0.25) is 14.3 Å². The van der Waals surface area contributed by atoms with Gasteiger partial charge in [0.2, 0.25) is 15.8 Å². The summed E-state index contributed by atoms with van der Waals surface area (Å²) in [5.41, 5.74) is 0.748. The standard InChI is InChI=1S/C20H29NO5S/c1-15(26-19(22)10-6-9-16-7-4-3-5-8-16)20(23)17-11-13-18(14-12-17)21-27(2,24)25/h11-16,21H,3-10H2,1-2H3. The van der Waals surface area contributed by atoms with E-state index in [0.717, 1.165) is 25.0 Å². The Bertz CT molecular complexity index is 736. The van der Waals surface area contributed by atoms with Gasteiger partial charge < -0.3 is 4.74 Å². The topological polar surface area (TPSA) is 89.5 Å². The molecule has 0 spiro atoms. The Labute approximate surface area is 161 Å². The van der Waals surface area contributed by atoms with Crippen molar-refractivity contribution in [3.05, 3.63) is 29.8 Å². The number of hydrogen-bond acceptors (Lipinski definition) is 5. The summed E-state index contributed by atoms with van der Waals surface area (Å²) in [6, 6.07) is 6.05. The molecule has 1 aliphatic rings. The number of Topliss-reactive ketones (excluding diaryl/α,β-unsaturated/α-hetero) is 1. The number of carbonyl (C=O) groups excluding carboxylic acids is 2. The summed E-state index contributed by atoms with van der Waals surface area (Å²) in [5, 5.41) is 0. The fourth-order valence-electron chi connectivity index (χ4n) is 3.47. The fourth-order valence-corrected chi connectivity index (χ4v) is 4.04. The van der Waals surface area contributed by atoms with E-state index in [0.29, 0.717) is 17.7 Å². The Morgan fingerprint density at radius 1 is 1.15 bits per heavy atom. The van der Waals surface area contributed by atoms with E-state index >= 15 is 0 Å². The van der Waals surface area contributed by atoms with Gasteiger partial charge in [0.1, 0.15) is 0 Å². The van der Waals surface area contributed by atoms with Crippen molar-refractivity contribution >= 4 is 27.5 Å². The molecule has 0 aliphatic heterocycles. The van der Waals surface area contributed by atoms with Crippen LogP contribution in [0.25, 0.3) is 0 Å². The summed E-state index contributed by atoms with van der Waals surface area (Å²) < 4.78 is 30.0. The zero-order valence-corrected chi connectivity index (χ0v) is 16.9. The highest BCUT2D eigenvalue weighted by atomic mass is 32.2. The first-order chi connectivity index (χ1) is 12.7. The monoisotopic (exact) mass is 395 g/mol. The molecular weight excluding hydrogens is 366 g/mol. The van der Waals surface area contributed by atoms with E-state index in [1.54, 1.807) is 6.92 Å². The number of nitrogens with one attached hydrogen (secondary N) is 1. The van der Waals surface area contributed by atoms with Gasteiger partial charge in [-0.15, -0.1) is 0 Å². The average Bonchev–Trinajstić information content (AvgIpc) is 2.61. The lowest BCUT2D eigenvalue weighted by Crippen LogP contribution is -2.24. The van der Waals surface area contributed by atoms with Crippen molar-refractivity contribution in [3.63, 3.8) is 0 Å². The largest absolute Gasteiger partial charge is 0.454 e. The average molecular weight is 396 g/mol. The molecule has 7 heteroatoms. The number of anilines is 1. The Morgan fingerprint density at radius 2 is 1.78 bits per heavy atom. The highest BCUT2D eigenvalue weighted by Crippen LogP contribution is 2.27. The lowest BCUT2D eigenvalue weighted by molar-refractivity contribution is -0.146. The smallest absolute Gasteiger partial charge is 0.306 e. The third-order valence-electron chi connectivity index (χ3n) is 4.87. The number of sulfonamides is 1. The van der Waals surface area contributed by atoms with E-state index in [9.17, 15) is 18.0 Å². The highest BCUT2D eigenvalue weighted by Gasteiger charge is 2.20. The van der Waals surface area contributed by atoms with Gasteiger partial charge in [0, 0.05) is 17.7 Å². The molecule has 1 aromatic carbocycles. The predicted molar refractivity (Wildman–Crippen MR) is 105 cm³/mol. The van der Waals surface area contributed by atoms with Gasteiger partial charge >= 0.3 is 5.97 Å². The van der Waals surface area contributed by atoms with Crippen molar-refractivity contribution in [1.82, 2.24) is 0 Å². The summed E-state index contributed by atoms with van der Waals surface area (Å²) in [4.78, 5) is 24.4. The van der Waals surface area contributed by atoms with Crippen LogP contribution in [0.15, 0.2) is 24.3 Å². The van der Waals surface area contributed by atoms with Gasteiger partial charge in [0.05, 0.1) is 6.26 Å². The van der Waals surface area contributed by atoms with Gasteiger partial charge in [-0.1, -0.05) is 32.1 Å². The first kappa shape index (κ1) is 21.4. The molecule has 0 amide bonds. The second-order valence-electron chi connectivity index (χ2n) is 7.34. The van der Waals surface area contributed by atoms with Gasteiger partial charge in [-0.2, -0.15) is 0 Å². The van der Waals surface area contributed by atoms with E-state index < -0.39 is 16.1 Å². The predicted octanol–water partition coefficient (Wildman–Crippen LogP) is 3.92. The van der Waals surface area contributed by atoms with Crippen molar-refractivity contribution in [3.8, 4) is 0 Å². The van der Waals surface area contributed by atoms with E-state index in [-0.39, 0.29) is 11.8 Å². The first-order valence-electron chi connectivity index (χ1n) is 9.56. The summed E-state index contributed by atoms with van der Waals surface area (Å²) in [6.45, 7) is 1.56. The van der Waals surface area contributed by atoms with Gasteiger partial charge in [0.15, 0.2) is 6.10 Å². The molecule has 150 valence electrons. The summed E-state index contributed by atoms with van der Waals surface area (Å²) in [6.07, 6.45) is 8.81. The molecule has 0 aromatic heterocycles. The number of rotatable bonds is 9. The third kappa shape index (κ3) is 7.71. The Hall–Kier alpha value is -1.89. The number of ether oxygens (including phenoxy) is 1. The molecule has 2 rings (SSSR count). The zero-order valence-electron chi connectivity index (χ0n) is 16.1. The van der Waals surface area contributed by atoms with E-state index in [1.807, 2.05) is 0 Å². The molecule has 1 unspecified atom stereocenters. The SMILES string of the molecule is CC(OC(=O)CCCC1CCCCC1)C(=O)c1ccc(NS(C)(=O)=O)cc1. The molecule has 0 radical (unpaired) electrons. The van der Waals surface area contributed by atoms with Crippen LogP contribution in [0.1, 0.15) is 68.6 Å². The summed E-state index contributed by atoms with van der Waals surface area (Å²) >= 11 is 0. The van der Waals surface area contributed by atoms with Crippen LogP contribution in [0, 0.1) is 5.92 Å². The maximum atomic E-state index is 12.4. The number of esters is 1. The third-order valence-corrected chi connectivity index (χ3v) is 5.47. The van der Waals surface area contributed by atoms with Crippen molar-refractivity contribution < 1.29 is 22.7 Å². The van der Waals surface area contributed by atoms with Crippen LogP contribution in [0.5, 0.6) is 0 Å². The van der Waals surface area contributed by atoms with E-state index in [1.165, 1.54) is 56.4 Å². The minimum Gasteiger partial charge on any atom is -0.454 e. The van der Waals surface area contributed by atoms with Crippen LogP contribution >= 0.6 is 0 Å². The number of carbonyl (C=O) groups is 2. The number of hydrogen-bond donors (Lipinski definition) is 1. The Morgan fingerprint density at radius 3 is 2.37 bits per heavy atom. The maximum Gasteiger partial charge on any atom is 0.306 e. The molecule has 0 heterocycles. The fraction of sp³-hybridized carbons (Fsp3) is 0.600. The molecule has 1 aliphatic carbocycles. The van der Waals surface area contributed by atoms with E-state index in [4.69, 9.17) is 4.74 Å².